The first kappa shape index (κ1) is 35.6. The van der Waals surface area contributed by atoms with Crippen molar-refractivity contribution < 1.29 is 38.8 Å². The minimum atomic E-state index is -1.47. The molecule has 2 aliphatic heterocycles. The summed E-state index contributed by atoms with van der Waals surface area (Å²) in [4.78, 5) is 64.6. The minimum absolute atomic E-state index is 0.00877. The fraction of sp³-hybridized carbons (Fsp3) is 0.250. The van der Waals surface area contributed by atoms with E-state index >= 15 is 0 Å². The monoisotopic (exact) mass is 746 g/mol. The van der Waals surface area contributed by atoms with Crippen molar-refractivity contribution in [3.05, 3.63) is 99.9 Å². The summed E-state index contributed by atoms with van der Waals surface area (Å²) < 4.78 is 1.60. The first-order valence-corrected chi connectivity index (χ1v) is 18.2. The topological polar surface area (TPSA) is 160 Å². The Labute approximate surface area is 298 Å². The first-order chi connectivity index (χ1) is 23.0. The van der Waals surface area contributed by atoms with Crippen molar-refractivity contribution in [3.8, 4) is 0 Å². The van der Waals surface area contributed by atoms with Crippen LogP contribution in [0, 0.1) is 0 Å². The minimum Gasteiger partial charge on any atom is -0.543 e. The van der Waals surface area contributed by atoms with E-state index in [-0.39, 0.29) is 30.2 Å². The normalized spacial score (nSPS) is 17.6. The number of carbonyl (C=O) groups excluding carboxylic acids is 4. The number of rotatable bonds is 14. The van der Waals surface area contributed by atoms with Gasteiger partial charge in [0, 0.05) is 44.9 Å². The van der Waals surface area contributed by atoms with Crippen LogP contribution in [0.5, 0.6) is 0 Å². The Hall–Kier alpha value is -3.69. The van der Waals surface area contributed by atoms with Crippen LogP contribution in [0.15, 0.2) is 94.1 Å². The molecule has 2 aliphatic rings. The number of halogens is 2. The van der Waals surface area contributed by atoms with Crippen LogP contribution in [0.25, 0.3) is 0 Å². The Kier molecular flexibility index (Phi) is 12.0. The summed E-state index contributed by atoms with van der Waals surface area (Å²) in [5.74, 6) is -3.40. The van der Waals surface area contributed by atoms with E-state index in [1.165, 1.54) is 40.2 Å². The zero-order valence-corrected chi connectivity index (χ0v) is 28.9. The van der Waals surface area contributed by atoms with E-state index in [2.05, 4.69) is 10.6 Å². The van der Waals surface area contributed by atoms with Gasteiger partial charge in [0.05, 0.1) is 22.4 Å². The van der Waals surface area contributed by atoms with E-state index in [9.17, 15) is 34.2 Å². The molecule has 3 heterocycles. The molecule has 1 unspecified atom stereocenters. The maximum Gasteiger partial charge on any atom is 0.326 e. The van der Waals surface area contributed by atoms with Crippen LogP contribution in [0.3, 0.4) is 0 Å². The highest BCUT2D eigenvalue weighted by atomic mass is 35.5. The van der Waals surface area contributed by atoms with Crippen molar-refractivity contribution in [2.24, 2.45) is 0 Å². The number of fused-ring (bicyclic) bond motifs is 1. The van der Waals surface area contributed by atoms with E-state index in [1.54, 1.807) is 71.6 Å². The van der Waals surface area contributed by atoms with E-state index < -0.39 is 47.1 Å². The molecule has 16 heteroatoms. The summed E-state index contributed by atoms with van der Waals surface area (Å²) >= 11 is 16.0. The molecule has 3 aromatic rings. The number of carboxylic acids is 2. The lowest BCUT2D eigenvalue weighted by Gasteiger charge is -2.50. The molecule has 3 atom stereocenters. The molecule has 11 nitrogen and oxygen atoms in total. The molecule has 3 N–H and O–H groups in total. The summed E-state index contributed by atoms with van der Waals surface area (Å²) in [5, 5.41) is 27.3. The lowest BCUT2D eigenvalue weighted by molar-refractivity contribution is -0.684. The van der Waals surface area contributed by atoms with Gasteiger partial charge in [0.1, 0.15) is 17.5 Å². The maximum absolute atomic E-state index is 13.0. The third kappa shape index (κ3) is 8.85. The van der Waals surface area contributed by atoms with E-state index in [1.807, 2.05) is 6.07 Å². The average molecular weight is 748 g/mol. The number of aliphatic carboxylic acids is 2. The second-order valence-electron chi connectivity index (χ2n) is 10.7. The van der Waals surface area contributed by atoms with Crippen LogP contribution in [0.2, 0.25) is 10.0 Å². The molecule has 2 aromatic carbocycles. The number of amides is 3. The van der Waals surface area contributed by atoms with Crippen LogP contribution in [-0.2, 0) is 36.9 Å². The van der Waals surface area contributed by atoms with Crippen LogP contribution in [0.1, 0.15) is 5.56 Å². The zero-order chi connectivity index (χ0) is 34.4. The molecule has 1 saturated heterocycles. The number of benzene rings is 2. The molecule has 0 radical (unpaired) electrons. The van der Waals surface area contributed by atoms with Crippen molar-refractivity contribution in [1.82, 2.24) is 15.5 Å². The number of thioether (sulfide) groups is 3. The van der Waals surface area contributed by atoms with Gasteiger partial charge in [0.2, 0.25) is 12.5 Å². The van der Waals surface area contributed by atoms with Crippen molar-refractivity contribution in [2.45, 2.75) is 40.2 Å². The van der Waals surface area contributed by atoms with Crippen molar-refractivity contribution >= 4 is 88.1 Å². The summed E-state index contributed by atoms with van der Waals surface area (Å²) in [5.41, 5.74) is 1.12. The molecule has 5 rings (SSSR count). The van der Waals surface area contributed by atoms with Gasteiger partial charge in [-0.05, 0) is 29.3 Å². The van der Waals surface area contributed by atoms with Gasteiger partial charge >= 0.3 is 5.97 Å². The highest BCUT2D eigenvalue weighted by Crippen LogP contribution is 2.41. The molecule has 0 spiro atoms. The van der Waals surface area contributed by atoms with Gasteiger partial charge in [-0.3, -0.25) is 19.3 Å². The van der Waals surface area contributed by atoms with Gasteiger partial charge < -0.3 is 25.6 Å². The fourth-order valence-corrected chi connectivity index (χ4v) is 8.67. The summed E-state index contributed by atoms with van der Waals surface area (Å²) in [6.07, 6.45) is 3.49. The van der Waals surface area contributed by atoms with Gasteiger partial charge in [-0.1, -0.05) is 53.5 Å². The average Bonchev–Trinajstić information content (AvgIpc) is 3.06. The molecule has 0 saturated carbocycles. The molecular weight excluding hydrogens is 719 g/mol. The second-order valence-corrected chi connectivity index (χ2v) is 14.7. The number of hydrogen-bond donors (Lipinski definition) is 3. The number of aromatic nitrogens is 1. The molecule has 1 aromatic heterocycles. The summed E-state index contributed by atoms with van der Waals surface area (Å²) in [7, 11) is 0. The predicted octanol–water partition coefficient (Wildman–Crippen LogP) is 2.38. The fourth-order valence-electron chi connectivity index (χ4n) is 5.00. The number of pyridine rings is 1. The number of nitrogens with zero attached hydrogens (tertiary/aromatic N) is 2. The van der Waals surface area contributed by atoms with Crippen molar-refractivity contribution in [1.29, 1.82) is 0 Å². The Morgan fingerprint density at radius 1 is 1.04 bits per heavy atom. The van der Waals surface area contributed by atoms with Crippen LogP contribution >= 0.6 is 58.5 Å². The second kappa shape index (κ2) is 16.1. The van der Waals surface area contributed by atoms with Crippen LogP contribution in [-0.4, -0.2) is 74.4 Å². The number of carboxylic acid groups (broad SMARTS) is 2. The van der Waals surface area contributed by atoms with Gasteiger partial charge in [-0.15, -0.1) is 35.3 Å². The molecule has 3 amide bonds. The summed E-state index contributed by atoms with van der Waals surface area (Å²) in [6.45, 7) is -0.0939. The molecule has 48 heavy (non-hydrogen) atoms. The SMILES string of the molecule is O=C(C[n+]1ccc(SCC2=C(C(=O)[O-])N3C(=O)[C@@H](NC(=O)CSc4cc(Cl)ccc4Cl)[C@H]3SC2)cc1)NC(Cc1ccccc1)C(=O)O. The van der Waals surface area contributed by atoms with E-state index in [0.29, 0.717) is 26.3 Å². The third-order valence-electron chi connectivity index (χ3n) is 7.32. The quantitative estimate of drug-likeness (QED) is 0.127. The van der Waals surface area contributed by atoms with E-state index in [0.717, 1.165) is 10.5 Å². The smallest absolute Gasteiger partial charge is 0.326 e. The first-order valence-electron chi connectivity index (χ1n) is 14.4. The maximum atomic E-state index is 13.0. The molecular formula is C32H28Cl2N4O7S3. The predicted molar refractivity (Wildman–Crippen MR) is 181 cm³/mol. The lowest BCUT2D eigenvalue weighted by atomic mass is 10.0. The van der Waals surface area contributed by atoms with E-state index in [4.69, 9.17) is 23.2 Å². The Bertz CT molecular complexity index is 1760. The zero-order valence-electron chi connectivity index (χ0n) is 25.0. The van der Waals surface area contributed by atoms with Crippen molar-refractivity contribution in [2.75, 3.05) is 17.3 Å². The van der Waals surface area contributed by atoms with Gasteiger partial charge in [-0.2, -0.15) is 4.57 Å². The molecule has 250 valence electrons. The van der Waals surface area contributed by atoms with Crippen molar-refractivity contribution in [3.63, 3.8) is 0 Å². The number of β-lactam (4-membered cyclic amide) rings is 1. The Balaban J connectivity index is 1.13. The van der Waals surface area contributed by atoms with Crippen LogP contribution in [0.4, 0.5) is 0 Å². The third-order valence-corrected chi connectivity index (χ3v) is 11.5. The largest absolute Gasteiger partial charge is 0.543 e. The Morgan fingerprint density at radius 3 is 2.46 bits per heavy atom. The highest BCUT2D eigenvalue weighted by Gasteiger charge is 2.52. The lowest BCUT2D eigenvalue weighted by Crippen LogP contribution is -2.71. The number of carbonyl (C=O) groups is 5. The van der Waals surface area contributed by atoms with Gasteiger partial charge in [-0.25, -0.2) is 4.79 Å². The number of hydrogen-bond acceptors (Lipinski definition) is 9. The van der Waals surface area contributed by atoms with Crippen LogP contribution < -0.4 is 20.3 Å². The highest BCUT2D eigenvalue weighted by molar-refractivity contribution is 8.01. The molecule has 1 fully saturated rings. The number of nitrogens with one attached hydrogen (secondary N) is 2. The molecule has 0 aliphatic carbocycles. The standard InChI is InChI=1S/C32H28Cl2N4O7S3/c33-20-6-7-22(34)24(13-20)47-17-26(40)36-27-29(41)38-28(32(44)45)19(16-48-30(27)38)15-46-21-8-10-37(11-9-21)14-25(39)35-23(31(42)43)12-18-4-2-1-3-5-18/h1-11,13,23,27,30H,12,14-17H2,(H3-,35,36,39,40,42,43,44,45)/t23?,27-,30-/m1/s1. The molecule has 0 bridgehead atoms. The van der Waals surface area contributed by atoms with Gasteiger partial charge in [0.25, 0.3) is 11.8 Å². The summed E-state index contributed by atoms with van der Waals surface area (Å²) in [6, 6.07) is 15.5. The Morgan fingerprint density at radius 2 is 1.77 bits per heavy atom. The van der Waals surface area contributed by atoms with Gasteiger partial charge in [0.15, 0.2) is 12.4 Å².